The lowest BCUT2D eigenvalue weighted by atomic mass is 9.94. The van der Waals surface area contributed by atoms with E-state index in [4.69, 9.17) is 37.7 Å². The maximum Gasteiger partial charge on any atom is 0.323 e. The lowest BCUT2D eigenvalue weighted by Gasteiger charge is -2.23. The summed E-state index contributed by atoms with van der Waals surface area (Å²) in [5, 5.41) is 30.7. The molecule has 16 heteroatoms. The molecule has 3 aromatic rings. The van der Waals surface area contributed by atoms with Crippen LogP contribution < -0.4 is 27.7 Å². The van der Waals surface area contributed by atoms with Crippen molar-refractivity contribution in [2.75, 3.05) is 36.6 Å². The highest BCUT2D eigenvalue weighted by molar-refractivity contribution is 7.92. The van der Waals surface area contributed by atoms with E-state index < -0.39 is 21.5 Å². The van der Waals surface area contributed by atoms with E-state index in [9.17, 15) is 18.3 Å². The highest BCUT2D eigenvalue weighted by atomic mass is 32.2. The molecule has 2 aromatic carbocycles. The summed E-state index contributed by atoms with van der Waals surface area (Å²) in [5.74, 6) is -1.31. The van der Waals surface area contributed by atoms with Gasteiger partial charge in [-0.15, -0.1) is 0 Å². The van der Waals surface area contributed by atoms with Crippen LogP contribution in [0.1, 0.15) is 55.8 Å². The molecule has 47 heavy (non-hydrogen) atoms. The minimum Gasteiger partial charge on any atom is -0.504 e. The lowest BCUT2D eigenvalue weighted by Crippen LogP contribution is -2.46. The predicted octanol–water partition coefficient (Wildman–Crippen LogP) is 2.64. The molecule has 0 amide bonds. The molecule has 0 saturated carbocycles. The predicted molar refractivity (Wildman–Crippen MR) is 182 cm³/mol. The van der Waals surface area contributed by atoms with Gasteiger partial charge in [-0.25, -0.2) is 13.1 Å². The molecule has 1 aliphatic heterocycles. The second-order valence-corrected chi connectivity index (χ2v) is 13.2. The zero-order valence-corrected chi connectivity index (χ0v) is 28.0. The van der Waals surface area contributed by atoms with E-state index >= 15 is 0 Å². The fraction of sp³-hybridized carbons (Fsp3) is 0.452. The molecule has 15 nitrogen and oxygen atoms in total. The number of sulfonamides is 1. The number of phenols is 2. The van der Waals surface area contributed by atoms with Gasteiger partial charge < -0.3 is 47.7 Å². The Balaban J connectivity index is 0.000000248. The van der Waals surface area contributed by atoms with Crippen LogP contribution in [0.25, 0.3) is 0 Å². The number of rotatable bonds is 9. The van der Waals surface area contributed by atoms with Crippen molar-refractivity contribution < 1.29 is 33.1 Å². The number of guanidine groups is 1. The molecule has 4 rings (SSSR count). The van der Waals surface area contributed by atoms with Crippen LogP contribution in [-0.4, -0.2) is 77.4 Å². The molecule has 0 aliphatic carbocycles. The number of hydrogen-bond acceptors (Lipinski definition) is 11. The van der Waals surface area contributed by atoms with Crippen molar-refractivity contribution in [3.63, 3.8) is 0 Å². The summed E-state index contributed by atoms with van der Waals surface area (Å²) < 4.78 is 31.3. The minimum absolute atomic E-state index is 0.0795. The SMILES string of the molecule is C[C@](N)(Cc1ccc(O)c(O)c1)C(=O)O.Cc1noc(NS(=O)(=O)c2ccc(N)cc2)c1C.NC(N)=NCCN1CCCCCCC1. The van der Waals surface area contributed by atoms with Crippen molar-refractivity contribution in [1.82, 2.24) is 10.1 Å². The van der Waals surface area contributed by atoms with Gasteiger partial charge in [0, 0.05) is 24.2 Å². The van der Waals surface area contributed by atoms with Crippen molar-refractivity contribution in [3.05, 3.63) is 59.3 Å². The number of carboxylic acid groups (broad SMARTS) is 1. The summed E-state index contributed by atoms with van der Waals surface area (Å²) in [6, 6.07) is 10.0. The third-order valence-electron chi connectivity index (χ3n) is 7.33. The van der Waals surface area contributed by atoms with E-state index in [-0.39, 0.29) is 34.7 Å². The number of nitrogens with one attached hydrogen (secondary N) is 1. The summed E-state index contributed by atoms with van der Waals surface area (Å²) in [4.78, 5) is 17.3. The van der Waals surface area contributed by atoms with Crippen LogP contribution in [0.2, 0.25) is 0 Å². The number of hydrogen-bond donors (Lipinski definition) is 8. The summed E-state index contributed by atoms with van der Waals surface area (Å²) >= 11 is 0. The monoisotopic (exact) mass is 676 g/mol. The number of likely N-dealkylation sites (tertiary alicyclic amines) is 1. The van der Waals surface area contributed by atoms with Gasteiger partial charge in [0.25, 0.3) is 10.0 Å². The van der Waals surface area contributed by atoms with Crippen LogP contribution in [0.3, 0.4) is 0 Å². The summed E-state index contributed by atoms with van der Waals surface area (Å²) in [5.41, 5.74) is 22.6. The topological polar surface area (TPSA) is 270 Å². The molecule has 1 fully saturated rings. The number of aryl methyl sites for hydroxylation is 1. The Hall–Kier alpha value is -4.54. The number of carbonyl (C=O) groups is 1. The third kappa shape index (κ3) is 13.4. The zero-order valence-electron chi connectivity index (χ0n) is 27.1. The molecule has 1 aliphatic rings. The number of phenolic OH excluding ortho intramolecular Hbond substituents is 2. The number of aromatic hydroxyl groups is 2. The molecule has 0 bridgehead atoms. The number of aliphatic imine (C=N–C) groups is 1. The fourth-order valence-corrected chi connectivity index (χ4v) is 5.42. The quantitative estimate of drug-likeness (QED) is 0.0702. The minimum atomic E-state index is -3.68. The molecule has 0 unspecified atom stereocenters. The van der Waals surface area contributed by atoms with E-state index in [1.807, 2.05) is 0 Å². The molecule has 260 valence electrons. The number of aliphatic carboxylic acids is 1. The third-order valence-corrected chi connectivity index (χ3v) is 8.68. The fourth-order valence-electron chi connectivity index (χ4n) is 4.37. The van der Waals surface area contributed by atoms with Gasteiger partial charge in [0.1, 0.15) is 5.54 Å². The molecule has 2 heterocycles. The molecule has 1 aromatic heterocycles. The van der Waals surface area contributed by atoms with E-state index in [0.717, 1.165) is 13.1 Å². The van der Waals surface area contributed by atoms with Gasteiger partial charge in [0.05, 0.1) is 17.1 Å². The molecule has 0 radical (unpaired) electrons. The van der Waals surface area contributed by atoms with Crippen molar-refractivity contribution in [3.8, 4) is 11.5 Å². The normalized spacial score (nSPS) is 14.9. The largest absolute Gasteiger partial charge is 0.504 e. The van der Waals surface area contributed by atoms with Crippen LogP contribution in [0.4, 0.5) is 11.6 Å². The Labute approximate surface area is 275 Å². The number of nitrogens with zero attached hydrogens (tertiary/aromatic N) is 3. The number of anilines is 2. The van der Waals surface area contributed by atoms with Gasteiger partial charge in [-0.3, -0.25) is 9.79 Å². The first kappa shape index (κ1) is 38.6. The Morgan fingerprint density at radius 2 is 1.62 bits per heavy atom. The van der Waals surface area contributed by atoms with Gasteiger partial charge >= 0.3 is 5.97 Å². The second kappa shape index (κ2) is 18.0. The zero-order chi connectivity index (χ0) is 35.2. The van der Waals surface area contributed by atoms with Gasteiger partial charge in [-0.2, -0.15) is 0 Å². The average Bonchev–Trinajstić information content (AvgIpc) is 3.28. The highest BCUT2D eigenvalue weighted by Gasteiger charge is 2.28. The van der Waals surface area contributed by atoms with Gasteiger partial charge in [0.15, 0.2) is 17.5 Å². The number of aromatic nitrogens is 1. The Morgan fingerprint density at radius 3 is 2.13 bits per heavy atom. The summed E-state index contributed by atoms with van der Waals surface area (Å²) in [6.45, 7) is 9.01. The molecule has 1 saturated heterocycles. The van der Waals surface area contributed by atoms with Crippen molar-refractivity contribution >= 4 is 33.5 Å². The van der Waals surface area contributed by atoms with Crippen LogP contribution >= 0.6 is 0 Å². The van der Waals surface area contributed by atoms with E-state index in [2.05, 4.69) is 19.8 Å². The molecule has 0 spiro atoms. The maximum absolute atomic E-state index is 12.0. The number of carboxylic acids is 1. The number of benzene rings is 2. The summed E-state index contributed by atoms with van der Waals surface area (Å²) in [6.07, 6.45) is 6.87. The average molecular weight is 677 g/mol. The number of nitrogen functional groups attached to an aromatic ring is 1. The molecular weight excluding hydrogens is 628 g/mol. The Bertz CT molecular complexity index is 1560. The summed E-state index contributed by atoms with van der Waals surface area (Å²) in [7, 11) is -3.68. The van der Waals surface area contributed by atoms with Crippen molar-refractivity contribution in [2.24, 2.45) is 22.2 Å². The number of nitrogens with two attached hydrogens (primary N) is 4. The highest BCUT2D eigenvalue weighted by Crippen LogP contribution is 2.26. The molecular formula is C31H48N8O7S. The van der Waals surface area contributed by atoms with Gasteiger partial charge in [-0.05, 0) is 88.7 Å². The molecule has 1 atom stereocenters. The smallest absolute Gasteiger partial charge is 0.323 e. The van der Waals surface area contributed by atoms with Crippen LogP contribution in [-0.2, 0) is 21.2 Å². The van der Waals surface area contributed by atoms with E-state index in [0.29, 0.717) is 22.5 Å². The standard InChI is InChI=1S/C11H13N3O3S.C10H22N4.C10H13NO4/c1-7-8(2)13-17-11(7)14-18(15,16)10-5-3-9(12)4-6-10;11-10(12)13-6-9-14-7-4-2-1-3-5-8-14;1-10(11,9(14)15)5-6-2-3-7(12)8(13)4-6/h3-6,14H,12H2,1-2H3;1-9H2,(H4,11,12,13);2-4,12-13H,5,11H2,1H3,(H,14,15)/t;;10-/m..0/s1. The lowest BCUT2D eigenvalue weighted by molar-refractivity contribution is -0.142. The van der Waals surface area contributed by atoms with Crippen molar-refractivity contribution in [2.45, 2.75) is 69.7 Å². The first-order chi connectivity index (χ1) is 22.0. The van der Waals surface area contributed by atoms with E-state index in [1.54, 1.807) is 13.8 Å². The van der Waals surface area contributed by atoms with E-state index in [1.165, 1.54) is 94.6 Å². The van der Waals surface area contributed by atoms with Crippen LogP contribution in [0.15, 0.2) is 56.9 Å². The van der Waals surface area contributed by atoms with Crippen LogP contribution in [0.5, 0.6) is 11.5 Å². The Kier molecular flexibility index (Phi) is 14.8. The maximum atomic E-state index is 12.0. The van der Waals surface area contributed by atoms with Gasteiger partial charge in [0.2, 0.25) is 5.88 Å². The van der Waals surface area contributed by atoms with Gasteiger partial charge in [-0.1, -0.05) is 30.5 Å². The first-order valence-electron chi connectivity index (χ1n) is 15.1. The van der Waals surface area contributed by atoms with Crippen molar-refractivity contribution in [1.29, 1.82) is 0 Å². The Morgan fingerprint density at radius 1 is 1.02 bits per heavy atom. The first-order valence-corrected chi connectivity index (χ1v) is 16.6. The second-order valence-electron chi connectivity index (χ2n) is 11.5. The van der Waals surface area contributed by atoms with Crippen LogP contribution in [0, 0.1) is 13.8 Å². The molecule has 12 N–H and O–H groups in total.